The van der Waals surface area contributed by atoms with Gasteiger partial charge in [-0.2, -0.15) is 0 Å². The van der Waals surface area contributed by atoms with Crippen LogP contribution in [0.1, 0.15) is 122 Å². The van der Waals surface area contributed by atoms with Crippen molar-refractivity contribution in [1.82, 2.24) is 0 Å². The van der Waals surface area contributed by atoms with E-state index in [-0.39, 0.29) is 19.2 Å². The Morgan fingerprint density at radius 1 is 0.795 bits per heavy atom. The van der Waals surface area contributed by atoms with Gasteiger partial charge >= 0.3 is 5.97 Å². The summed E-state index contributed by atoms with van der Waals surface area (Å²) in [7, 11) is 1.25. The van der Waals surface area contributed by atoms with Crippen LogP contribution < -0.4 is 4.89 Å². The van der Waals surface area contributed by atoms with Crippen LogP contribution in [0.3, 0.4) is 0 Å². The number of phosphoric acid groups is 1. The van der Waals surface area contributed by atoms with Gasteiger partial charge < -0.3 is 28.3 Å². The van der Waals surface area contributed by atoms with Crippen LogP contribution in [0.5, 0.6) is 0 Å². The van der Waals surface area contributed by atoms with Gasteiger partial charge in [-0.1, -0.05) is 96.1 Å². The molecule has 0 fully saturated rings. The van der Waals surface area contributed by atoms with Crippen LogP contribution in [0.25, 0.3) is 0 Å². The average molecular weight is 578 g/mol. The monoisotopic (exact) mass is 577 g/mol. The van der Waals surface area contributed by atoms with E-state index >= 15 is 0 Å². The van der Waals surface area contributed by atoms with Crippen molar-refractivity contribution in [2.24, 2.45) is 0 Å². The summed E-state index contributed by atoms with van der Waals surface area (Å²) in [6.45, 7) is 1.94. The van der Waals surface area contributed by atoms with E-state index in [0.717, 1.165) is 19.3 Å². The zero-order valence-corrected chi connectivity index (χ0v) is 26.5. The van der Waals surface area contributed by atoms with E-state index < -0.39 is 20.5 Å². The minimum Gasteiger partial charge on any atom is -0.756 e. The molecule has 0 saturated carbocycles. The van der Waals surface area contributed by atoms with Crippen LogP contribution in [-0.2, 0) is 23.1 Å². The SMILES string of the molecule is CCCCCCCC/C=C\CCCCCCCCCCCC(=O)OCC(O)COP(=O)([O-])OCC[N+](C)(C)C. The fourth-order valence-electron chi connectivity index (χ4n) is 4.00. The van der Waals surface area contributed by atoms with Crippen LogP contribution >= 0.6 is 7.82 Å². The van der Waals surface area contributed by atoms with Crippen molar-refractivity contribution >= 4 is 13.8 Å². The zero-order chi connectivity index (χ0) is 29.2. The summed E-state index contributed by atoms with van der Waals surface area (Å²) in [6.07, 6.45) is 24.9. The molecule has 0 aromatic rings. The van der Waals surface area contributed by atoms with E-state index in [1.165, 1.54) is 89.9 Å². The molecule has 0 aliphatic heterocycles. The summed E-state index contributed by atoms with van der Waals surface area (Å²) < 4.78 is 26.7. The highest BCUT2D eigenvalue weighted by Gasteiger charge is 2.16. The van der Waals surface area contributed by atoms with Gasteiger partial charge in [0.15, 0.2) is 0 Å². The van der Waals surface area contributed by atoms with E-state index in [9.17, 15) is 19.4 Å². The molecule has 0 amide bonds. The topological polar surface area (TPSA) is 105 Å². The van der Waals surface area contributed by atoms with Gasteiger partial charge in [-0.05, 0) is 32.1 Å². The number of phosphoric ester groups is 1. The lowest BCUT2D eigenvalue weighted by molar-refractivity contribution is -0.870. The molecule has 1 N–H and O–H groups in total. The second kappa shape index (κ2) is 25.0. The van der Waals surface area contributed by atoms with Crippen LogP contribution in [0.4, 0.5) is 0 Å². The molecule has 0 saturated heterocycles. The summed E-state index contributed by atoms with van der Waals surface area (Å²) in [5, 5.41) is 9.83. The van der Waals surface area contributed by atoms with E-state index in [1.54, 1.807) is 0 Å². The third-order valence-electron chi connectivity index (χ3n) is 6.52. The van der Waals surface area contributed by atoms with Gasteiger partial charge in [-0.15, -0.1) is 0 Å². The number of quaternary nitrogens is 1. The zero-order valence-electron chi connectivity index (χ0n) is 25.6. The molecule has 0 heterocycles. The first-order valence-electron chi connectivity index (χ1n) is 15.4. The number of aliphatic hydroxyl groups excluding tert-OH is 1. The standard InChI is InChI=1S/C30H60NO7P/c1-5-6-7-8-9-10-11-12-13-14-15-16-17-18-19-20-21-22-23-24-30(33)36-27-29(32)28-38-39(34,35)37-26-25-31(2,3)4/h12-13,29,32H,5-11,14-28H2,1-4H3/b13-12-. The van der Waals surface area contributed by atoms with Gasteiger partial charge in [-0.3, -0.25) is 9.36 Å². The van der Waals surface area contributed by atoms with Crippen molar-refractivity contribution in [3.8, 4) is 0 Å². The summed E-state index contributed by atoms with van der Waals surface area (Å²) in [5.74, 6) is -0.389. The number of esters is 1. The Balaban J connectivity index is 3.50. The first-order chi connectivity index (χ1) is 18.6. The predicted molar refractivity (Wildman–Crippen MR) is 157 cm³/mol. The van der Waals surface area contributed by atoms with E-state index in [4.69, 9.17) is 9.26 Å². The van der Waals surface area contributed by atoms with Gasteiger partial charge in [0.25, 0.3) is 7.82 Å². The van der Waals surface area contributed by atoms with Gasteiger partial charge in [0.1, 0.15) is 25.9 Å². The van der Waals surface area contributed by atoms with Crippen molar-refractivity contribution in [2.45, 2.75) is 129 Å². The van der Waals surface area contributed by atoms with E-state index in [1.807, 2.05) is 21.1 Å². The Hall–Kier alpha value is -0.760. The summed E-state index contributed by atoms with van der Waals surface area (Å²) in [5.41, 5.74) is 0. The Bertz CT molecular complexity index is 652. The van der Waals surface area contributed by atoms with Crippen LogP contribution in [0, 0.1) is 0 Å². The van der Waals surface area contributed by atoms with Crippen LogP contribution in [-0.4, -0.2) is 69.2 Å². The molecule has 2 atom stereocenters. The molecular weight excluding hydrogens is 517 g/mol. The van der Waals surface area contributed by atoms with Crippen molar-refractivity contribution in [3.63, 3.8) is 0 Å². The summed E-state index contributed by atoms with van der Waals surface area (Å²) in [4.78, 5) is 23.6. The predicted octanol–water partition coefficient (Wildman–Crippen LogP) is 6.70. The number of hydrogen-bond donors (Lipinski definition) is 1. The molecule has 0 rings (SSSR count). The fraction of sp³-hybridized carbons (Fsp3) is 0.900. The first-order valence-corrected chi connectivity index (χ1v) is 16.9. The number of likely N-dealkylation sites (N-methyl/N-ethyl adjacent to an activating group) is 1. The molecular formula is C30H60NO7P. The fourth-order valence-corrected chi connectivity index (χ4v) is 4.73. The number of nitrogens with zero attached hydrogens (tertiary/aromatic N) is 1. The third-order valence-corrected chi connectivity index (χ3v) is 7.48. The second-order valence-corrected chi connectivity index (χ2v) is 13.1. The number of ether oxygens (including phenoxy) is 1. The average Bonchev–Trinajstić information content (AvgIpc) is 2.86. The van der Waals surface area contributed by atoms with Crippen molar-refractivity contribution < 1.29 is 37.6 Å². The number of hydrogen-bond acceptors (Lipinski definition) is 7. The molecule has 0 aliphatic carbocycles. The maximum absolute atomic E-state index is 11.8. The Kier molecular flexibility index (Phi) is 24.5. The molecule has 0 bridgehead atoms. The minimum absolute atomic E-state index is 0.00733. The highest BCUT2D eigenvalue weighted by Crippen LogP contribution is 2.38. The molecule has 2 unspecified atom stereocenters. The van der Waals surface area contributed by atoms with Crippen molar-refractivity contribution in [1.29, 1.82) is 0 Å². The van der Waals surface area contributed by atoms with Gasteiger partial charge in [0.05, 0.1) is 27.7 Å². The molecule has 0 radical (unpaired) electrons. The van der Waals surface area contributed by atoms with Gasteiger partial charge in [0, 0.05) is 6.42 Å². The molecule has 0 aromatic carbocycles. The molecule has 0 aliphatic rings. The second-order valence-electron chi connectivity index (χ2n) is 11.7. The molecule has 9 heteroatoms. The summed E-state index contributed by atoms with van der Waals surface area (Å²) >= 11 is 0. The molecule has 232 valence electrons. The molecule has 0 aromatic heterocycles. The largest absolute Gasteiger partial charge is 0.756 e. The quantitative estimate of drug-likeness (QED) is 0.0363. The van der Waals surface area contributed by atoms with Crippen LogP contribution in [0.15, 0.2) is 12.2 Å². The number of unbranched alkanes of at least 4 members (excludes halogenated alkanes) is 15. The van der Waals surface area contributed by atoms with E-state index in [0.29, 0.717) is 17.4 Å². The van der Waals surface area contributed by atoms with Crippen molar-refractivity contribution in [3.05, 3.63) is 12.2 Å². The third kappa shape index (κ3) is 30.0. The first kappa shape index (κ1) is 38.2. The smallest absolute Gasteiger partial charge is 0.305 e. The Labute approximate surface area is 239 Å². The maximum Gasteiger partial charge on any atom is 0.305 e. The number of aliphatic hydroxyl groups is 1. The molecule has 0 spiro atoms. The highest BCUT2D eigenvalue weighted by molar-refractivity contribution is 7.45. The Morgan fingerprint density at radius 3 is 1.79 bits per heavy atom. The maximum atomic E-state index is 11.8. The van der Waals surface area contributed by atoms with Crippen molar-refractivity contribution in [2.75, 3.05) is 47.5 Å². The lowest BCUT2D eigenvalue weighted by atomic mass is 10.1. The number of allylic oxidation sites excluding steroid dienone is 2. The van der Waals surface area contributed by atoms with Gasteiger partial charge in [-0.25, -0.2) is 0 Å². The molecule has 8 nitrogen and oxygen atoms in total. The lowest BCUT2D eigenvalue weighted by Crippen LogP contribution is -2.37. The minimum atomic E-state index is -4.49. The summed E-state index contributed by atoms with van der Waals surface area (Å²) in [6, 6.07) is 0. The van der Waals surface area contributed by atoms with E-state index in [2.05, 4.69) is 23.6 Å². The number of carbonyl (C=O) groups is 1. The van der Waals surface area contributed by atoms with Crippen LogP contribution in [0.2, 0.25) is 0 Å². The Morgan fingerprint density at radius 2 is 1.28 bits per heavy atom. The normalized spacial score (nSPS) is 14.5. The molecule has 39 heavy (non-hydrogen) atoms. The lowest BCUT2D eigenvalue weighted by Gasteiger charge is -2.27. The number of carbonyl (C=O) groups excluding carboxylic acids is 1. The van der Waals surface area contributed by atoms with Gasteiger partial charge in [0.2, 0.25) is 0 Å². The highest BCUT2D eigenvalue weighted by atomic mass is 31.2. The number of rotatable bonds is 28.